The van der Waals surface area contributed by atoms with E-state index in [1.54, 1.807) is 0 Å². The molecule has 5 atom stereocenters. The summed E-state index contributed by atoms with van der Waals surface area (Å²) in [6, 6.07) is 9.82. The number of hydrogen-bond donors (Lipinski definition) is 3. The summed E-state index contributed by atoms with van der Waals surface area (Å²) in [6.45, 7) is 2.52. The number of nitrogens with zero attached hydrogens (tertiary/aromatic N) is 3. The Morgan fingerprint density at radius 1 is 0.826 bits per heavy atom. The minimum atomic E-state index is -4.33. The largest absolute Gasteiger partial charge is 0.472 e. The summed E-state index contributed by atoms with van der Waals surface area (Å²) in [4.78, 5) is 20.9. The zero-order valence-electron chi connectivity index (χ0n) is 27.7. The maximum atomic E-state index is 12.5. The third-order valence-corrected chi connectivity index (χ3v) is 10.1. The van der Waals surface area contributed by atoms with Crippen LogP contribution in [0, 0.1) is 0 Å². The van der Waals surface area contributed by atoms with E-state index < -0.39 is 32.4 Å². The van der Waals surface area contributed by atoms with Crippen LogP contribution >= 0.6 is 7.82 Å². The molecule has 46 heavy (non-hydrogen) atoms. The number of aliphatic hydroxyl groups excluding tert-OH is 2. The van der Waals surface area contributed by atoms with Gasteiger partial charge < -0.3 is 24.7 Å². The van der Waals surface area contributed by atoms with Gasteiger partial charge in [-0.1, -0.05) is 134 Å². The Morgan fingerprint density at radius 3 is 2.02 bits per heavy atom. The number of fused-ring (bicyclic) bond motifs is 1. The smallest absolute Gasteiger partial charge is 0.387 e. The lowest BCUT2D eigenvalue weighted by atomic mass is 10.0. The van der Waals surface area contributed by atoms with Gasteiger partial charge in [-0.3, -0.25) is 9.05 Å². The van der Waals surface area contributed by atoms with Crippen LogP contribution in [0.15, 0.2) is 36.7 Å². The fraction of sp³-hybridized carbons (Fsp3) is 0.714. The summed E-state index contributed by atoms with van der Waals surface area (Å²) in [5.41, 5.74) is 2.74. The van der Waals surface area contributed by atoms with Crippen molar-refractivity contribution in [1.82, 2.24) is 9.97 Å². The Bertz CT molecular complexity index is 1190. The fourth-order valence-electron chi connectivity index (χ4n) is 6.47. The molecule has 258 valence electrons. The summed E-state index contributed by atoms with van der Waals surface area (Å²) < 4.78 is 28.8. The van der Waals surface area contributed by atoms with Gasteiger partial charge in [-0.25, -0.2) is 14.5 Å². The van der Waals surface area contributed by atoms with E-state index in [0.29, 0.717) is 25.2 Å². The highest BCUT2D eigenvalue weighted by molar-refractivity contribution is 7.47. The number of ether oxygens (including phenoxy) is 1. The highest BCUT2D eigenvalue weighted by Crippen LogP contribution is 2.44. The van der Waals surface area contributed by atoms with Gasteiger partial charge in [-0.05, 0) is 12.8 Å². The zero-order valence-corrected chi connectivity index (χ0v) is 28.6. The first-order chi connectivity index (χ1) is 22.4. The molecular formula is C35H56N3O7P. The maximum Gasteiger partial charge on any atom is 0.472 e. The number of phosphoric ester groups is 1. The lowest BCUT2D eigenvalue weighted by Gasteiger charge is -2.27. The Hall–Kier alpha value is -1.91. The van der Waals surface area contributed by atoms with E-state index in [0.717, 1.165) is 29.7 Å². The van der Waals surface area contributed by atoms with Crippen molar-refractivity contribution in [3.63, 3.8) is 0 Å². The SMILES string of the molecule is CCCCCCCCCCCCCCCCCCOP(=O)(O)OC[C@H]1O[C@@H](N2CCc3c(-c4ccccc4)ncnc32)[C@@H](O)C1O. The Kier molecular flexibility index (Phi) is 15.9. The minimum absolute atomic E-state index is 0.125. The normalized spacial score (nSPS) is 22.3. The van der Waals surface area contributed by atoms with Crippen LogP contribution in [0.1, 0.15) is 115 Å². The molecule has 2 aliphatic rings. The van der Waals surface area contributed by atoms with Crippen molar-refractivity contribution >= 4 is 13.6 Å². The monoisotopic (exact) mass is 661 g/mol. The van der Waals surface area contributed by atoms with E-state index >= 15 is 0 Å². The van der Waals surface area contributed by atoms with Crippen molar-refractivity contribution < 1.29 is 33.5 Å². The zero-order chi connectivity index (χ0) is 32.6. The molecule has 0 radical (unpaired) electrons. The summed E-state index contributed by atoms with van der Waals surface area (Å²) in [6.07, 6.45) is 17.7. The van der Waals surface area contributed by atoms with Crippen LogP contribution in [-0.4, -0.2) is 69.4 Å². The molecule has 3 heterocycles. The third kappa shape index (κ3) is 11.4. The molecule has 0 spiro atoms. The van der Waals surface area contributed by atoms with Crippen LogP contribution in [-0.2, 0) is 24.8 Å². The van der Waals surface area contributed by atoms with Gasteiger partial charge in [0.15, 0.2) is 6.23 Å². The van der Waals surface area contributed by atoms with Crippen LogP contribution in [0.5, 0.6) is 0 Å². The number of unbranched alkanes of at least 4 members (excludes halogenated alkanes) is 15. The predicted octanol–water partition coefficient (Wildman–Crippen LogP) is 7.35. The van der Waals surface area contributed by atoms with E-state index in [2.05, 4.69) is 16.9 Å². The lowest BCUT2D eigenvalue weighted by Crippen LogP contribution is -2.43. The second-order valence-corrected chi connectivity index (χ2v) is 14.2. The molecule has 2 aromatic rings. The van der Waals surface area contributed by atoms with Gasteiger partial charge in [-0.2, -0.15) is 0 Å². The molecule has 0 aliphatic carbocycles. The average molecular weight is 662 g/mol. The number of anilines is 1. The molecule has 1 aromatic heterocycles. The van der Waals surface area contributed by atoms with Crippen molar-refractivity contribution in [2.75, 3.05) is 24.7 Å². The Balaban J connectivity index is 1.07. The number of aromatic nitrogens is 2. The lowest BCUT2D eigenvalue weighted by molar-refractivity contribution is -0.0238. The van der Waals surface area contributed by atoms with Crippen LogP contribution < -0.4 is 4.90 Å². The van der Waals surface area contributed by atoms with Gasteiger partial charge in [0.25, 0.3) is 0 Å². The first-order valence-corrected chi connectivity index (χ1v) is 19.2. The first-order valence-electron chi connectivity index (χ1n) is 17.7. The highest BCUT2D eigenvalue weighted by atomic mass is 31.2. The maximum absolute atomic E-state index is 12.5. The van der Waals surface area contributed by atoms with E-state index in [4.69, 9.17) is 13.8 Å². The van der Waals surface area contributed by atoms with Crippen LogP contribution in [0.2, 0.25) is 0 Å². The second kappa shape index (κ2) is 19.8. The van der Waals surface area contributed by atoms with Gasteiger partial charge in [0.2, 0.25) is 0 Å². The van der Waals surface area contributed by atoms with Crippen molar-refractivity contribution in [2.45, 2.75) is 141 Å². The molecule has 2 unspecified atom stereocenters. The molecule has 0 bridgehead atoms. The standard InChI is InChI=1S/C35H56N3O7P/c1-2-3-4-5-6-7-8-9-10-11-12-13-14-15-16-20-25-43-46(41,42)44-26-30-32(39)33(40)35(45-30)38-24-23-29-31(36-27-37-34(29)38)28-21-18-17-19-22-28/h17-19,21-22,27,30,32-33,35,39-40H,2-16,20,23-26H2,1H3,(H,41,42)/t30-,32?,33+,35-/m1/s1. The average Bonchev–Trinajstić information content (AvgIpc) is 3.62. The minimum Gasteiger partial charge on any atom is -0.387 e. The van der Waals surface area contributed by atoms with Crippen molar-refractivity contribution in [3.8, 4) is 11.3 Å². The fourth-order valence-corrected chi connectivity index (χ4v) is 7.24. The number of hydrogen-bond acceptors (Lipinski definition) is 9. The topological polar surface area (TPSA) is 134 Å². The molecule has 3 N–H and O–H groups in total. The second-order valence-electron chi connectivity index (χ2n) is 12.8. The molecule has 1 aromatic carbocycles. The molecule has 0 saturated carbocycles. The number of rotatable bonds is 23. The number of phosphoric acid groups is 1. The summed E-state index contributed by atoms with van der Waals surface area (Å²) >= 11 is 0. The van der Waals surface area contributed by atoms with Crippen LogP contribution in [0.25, 0.3) is 11.3 Å². The van der Waals surface area contributed by atoms with Gasteiger partial charge in [-0.15, -0.1) is 0 Å². The summed E-state index contributed by atoms with van der Waals surface area (Å²) in [7, 11) is -4.33. The van der Waals surface area contributed by atoms with Crippen molar-refractivity contribution in [2.24, 2.45) is 0 Å². The predicted molar refractivity (Wildman–Crippen MR) is 180 cm³/mol. The first kappa shape index (κ1) is 36.9. The van der Waals surface area contributed by atoms with E-state index in [-0.39, 0.29) is 13.2 Å². The summed E-state index contributed by atoms with van der Waals surface area (Å²) in [5, 5.41) is 21.5. The molecule has 4 rings (SSSR count). The highest BCUT2D eigenvalue weighted by Gasteiger charge is 2.48. The molecular weight excluding hydrogens is 605 g/mol. The van der Waals surface area contributed by atoms with E-state index in [1.165, 1.54) is 89.8 Å². The summed E-state index contributed by atoms with van der Waals surface area (Å²) in [5.74, 6) is 0.640. The Morgan fingerprint density at radius 2 is 1.41 bits per heavy atom. The van der Waals surface area contributed by atoms with Gasteiger partial charge in [0, 0.05) is 17.7 Å². The molecule has 1 saturated heterocycles. The van der Waals surface area contributed by atoms with E-state index in [9.17, 15) is 19.7 Å². The quantitative estimate of drug-likeness (QED) is 0.0820. The van der Waals surface area contributed by atoms with Crippen molar-refractivity contribution in [1.29, 1.82) is 0 Å². The van der Waals surface area contributed by atoms with Crippen molar-refractivity contribution in [3.05, 3.63) is 42.2 Å². The van der Waals surface area contributed by atoms with Crippen LogP contribution in [0.3, 0.4) is 0 Å². The number of benzene rings is 1. The molecule has 2 aliphatic heterocycles. The number of aliphatic hydroxyl groups is 2. The molecule has 10 nitrogen and oxygen atoms in total. The molecule has 1 fully saturated rings. The van der Waals surface area contributed by atoms with Gasteiger partial charge in [0.05, 0.1) is 18.9 Å². The Labute approximate surface area is 275 Å². The third-order valence-electron chi connectivity index (χ3n) is 9.14. The van der Waals surface area contributed by atoms with Gasteiger partial charge in [0.1, 0.15) is 30.5 Å². The molecule has 11 heteroatoms. The molecule has 0 amide bonds. The van der Waals surface area contributed by atoms with E-state index in [1.807, 2.05) is 35.2 Å². The van der Waals surface area contributed by atoms with Gasteiger partial charge >= 0.3 is 7.82 Å². The van der Waals surface area contributed by atoms with Crippen LogP contribution in [0.4, 0.5) is 5.82 Å².